The minimum Gasteiger partial charge on any atom is -0.387 e. The Morgan fingerprint density at radius 3 is 2.59 bits per heavy atom. The van der Waals surface area contributed by atoms with Crippen molar-refractivity contribution >= 4 is 10.0 Å². The number of aliphatic hydroxyl groups is 1. The van der Waals surface area contributed by atoms with Gasteiger partial charge in [-0.3, -0.25) is 0 Å². The Labute approximate surface area is 103 Å². The van der Waals surface area contributed by atoms with Crippen LogP contribution in [0.1, 0.15) is 38.5 Å². The van der Waals surface area contributed by atoms with Crippen molar-refractivity contribution in [3.05, 3.63) is 0 Å². The summed E-state index contributed by atoms with van der Waals surface area (Å²) >= 11 is 0. The first-order valence-corrected chi connectivity index (χ1v) is 7.98. The Hall–Kier alpha value is -0.170. The molecule has 6 heteroatoms. The molecule has 100 valence electrons. The lowest BCUT2D eigenvalue weighted by molar-refractivity contribution is 0.0666. The summed E-state index contributed by atoms with van der Waals surface area (Å²) in [6.07, 6.45) is 5.26. The zero-order valence-electron chi connectivity index (χ0n) is 10.1. The number of hydrogen-bond donors (Lipinski definition) is 3. The van der Waals surface area contributed by atoms with Gasteiger partial charge in [-0.2, -0.15) is 0 Å². The highest BCUT2D eigenvalue weighted by molar-refractivity contribution is 7.90. The quantitative estimate of drug-likeness (QED) is 0.664. The first kappa shape index (κ1) is 13.3. The topological polar surface area (TPSA) is 78.4 Å². The Morgan fingerprint density at radius 1 is 1.29 bits per heavy atom. The minimum atomic E-state index is -3.25. The zero-order valence-corrected chi connectivity index (χ0v) is 10.9. The van der Waals surface area contributed by atoms with Gasteiger partial charge < -0.3 is 10.4 Å². The van der Waals surface area contributed by atoms with Crippen LogP contribution in [-0.4, -0.2) is 44.0 Å². The molecular weight excluding hydrogens is 240 g/mol. The van der Waals surface area contributed by atoms with Crippen LogP contribution in [-0.2, 0) is 10.0 Å². The van der Waals surface area contributed by atoms with E-state index in [0.29, 0.717) is 13.0 Å². The van der Waals surface area contributed by atoms with Crippen molar-refractivity contribution in [2.24, 2.45) is 0 Å². The lowest BCUT2D eigenvalue weighted by Gasteiger charge is -2.26. The van der Waals surface area contributed by atoms with E-state index in [0.717, 1.165) is 38.6 Å². The summed E-state index contributed by atoms with van der Waals surface area (Å²) in [6.45, 7) is 1.36. The molecule has 2 aliphatic rings. The second-order valence-corrected chi connectivity index (χ2v) is 7.32. The third-order valence-corrected chi connectivity index (χ3v) is 5.71. The number of rotatable bonds is 4. The Morgan fingerprint density at radius 2 is 2.00 bits per heavy atom. The summed E-state index contributed by atoms with van der Waals surface area (Å²) in [4.78, 5) is 0. The molecule has 2 rings (SSSR count). The van der Waals surface area contributed by atoms with Gasteiger partial charge in [0.05, 0.1) is 10.9 Å². The van der Waals surface area contributed by atoms with Gasteiger partial charge in [-0.15, -0.1) is 0 Å². The van der Waals surface area contributed by atoms with Crippen molar-refractivity contribution in [2.45, 2.75) is 49.4 Å². The fraction of sp³-hybridized carbons (Fsp3) is 1.00. The largest absolute Gasteiger partial charge is 0.387 e. The summed E-state index contributed by atoms with van der Waals surface area (Å²) in [5.74, 6) is 0. The SMILES string of the molecule is O=S(=O)(NCC1(O)CCNC1)C1CCCCC1. The van der Waals surface area contributed by atoms with Crippen LogP contribution in [0.4, 0.5) is 0 Å². The van der Waals surface area contributed by atoms with E-state index in [9.17, 15) is 13.5 Å². The van der Waals surface area contributed by atoms with E-state index in [4.69, 9.17) is 0 Å². The van der Waals surface area contributed by atoms with E-state index in [2.05, 4.69) is 10.0 Å². The minimum absolute atomic E-state index is 0.138. The average Bonchev–Trinajstić information content (AvgIpc) is 2.76. The Bertz CT molecular complexity index is 344. The summed E-state index contributed by atoms with van der Waals surface area (Å²) in [5.41, 5.74) is -0.901. The van der Waals surface area contributed by atoms with Crippen LogP contribution < -0.4 is 10.0 Å². The molecule has 0 bridgehead atoms. The maximum atomic E-state index is 12.0. The van der Waals surface area contributed by atoms with Gasteiger partial charge in [0.1, 0.15) is 0 Å². The average molecular weight is 262 g/mol. The van der Waals surface area contributed by atoms with Crippen molar-refractivity contribution in [3.63, 3.8) is 0 Å². The summed E-state index contributed by atoms with van der Waals surface area (Å²) in [6, 6.07) is 0. The lowest BCUT2D eigenvalue weighted by Crippen LogP contribution is -2.47. The van der Waals surface area contributed by atoms with E-state index < -0.39 is 15.6 Å². The first-order valence-electron chi connectivity index (χ1n) is 6.43. The van der Waals surface area contributed by atoms with Crippen molar-refractivity contribution in [1.29, 1.82) is 0 Å². The molecule has 1 saturated carbocycles. The molecule has 2 fully saturated rings. The molecular formula is C11H22N2O3S. The Balaban J connectivity index is 1.88. The molecule has 1 atom stereocenters. The van der Waals surface area contributed by atoms with E-state index in [-0.39, 0.29) is 11.8 Å². The first-order chi connectivity index (χ1) is 8.02. The van der Waals surface area contributed by atoms with Crippen LogP contribution in [0.25, 0.3) is 0 Å². The molecule has 1 aliphatic carbocycles. The standard InChI is InChI=1S/C11H22N2O3S/c14-11(6-7-12-8-11)9-13-17(15,16)10-4-2-1-3-5-10/h10,12-14H,1-9H2. The van der Waals surface area contributed by atoms with E-state index >= 15 is 0 Å². The molecule has 17 heavy (non-hydrogen) atoms. The number of sulfonamides is 1. The van der Waals surface area contributed by atoms with Gasteiger partial charge in [0.15, 0.2) is 0 Å². The highest BCUT2D eigenvalue weighted by Gasteiger charge is 2.34. The number of β-amino-alcohol motifs (C(OH)–C–C–N with tert-alkyl or cyclic N) is 1. The molecule has 1 saturated heterocycles. The third-order valence-electron chi connectivity index (χ3n) is 3.81. The van der Waals surface area contributed by atoms with Gasteiger partial charge in [0, 0.05) is 13.1 Å². The van der Waals surface area contributed by atoms with Gasteiger partial charge in [0.2, 0.25) is 10.0 Å². The van der Waals surface area contributed by atoms with Gasteiger partial charge in [-0.1, -0.05) is 19.3 Å². The van der Waals surface area contributed by atoms with Crippen LogP contribution >= 0.6 is 0 Å². The third kappa shape index (κ3) is 3.40. The molecule has 1 aliphatic heterocycles. The van der Waals surface area contributed by atoms with Crippen LogP contribution in [0.15, 0.2) is 0 Å². The van der Waals surface area contributed by atoms with Gasteiger partial charge in [-0.05, 0) is 25.8 Å². The second-order valence-electron chi connectivity index (χ2n) is 5.28. The van der Waals surface area contributed by atoms with Gasteiger partial charge >= 0.3 is 0 Å². The molecule has 0 aromatic heterocycles. The molecule has 0 aromatic rings. The van der Waals surface area contributed by atoms with Gasteiger partial charge in [0.25, 0.3) is 0 Å². The molecule has 0 aromatic carbocycles. The van der Waals surface area contributed by atoms with E-state index in [1.807, 2.05) is 0 Å². The molecule has 1 heterocycles. The maximum Gasteiger partial charge on any atom is 0.214 e. The molecule has 0 amide bonds. The molecule has 5 nitrogen and oxygen atoms in total. The van der Waals surface area contributed by atoms with Crippen molar-refractivity contribution < 1.29 is 13.5 Å². The highest BCUT2D eigenvalue weighted by atomic mass is 32.2. The van der Waals surface area contributed by atoms with Crippen LogP contribution in [0.5, 0.6) is 0 Å². The number of hydrogen-bond acceptors (Lipinski definition) is 4. The normalized spacial score (nSPS) is 31.8. The summed E-state index contributed by atoms with van der Waals surface area (Å²) in [5, 5.41) is 12.9. The molecule has 3 N–H and O–H groups in total. The molecule has 0 radical (unpaired) electrons. The van der Waals surface area contributed by atoms with Crippen LogP contribution in [0, 0.1) is 0 Å². The smallest absolute Gasteiger partial charge is 0.214 e. The fourth-order valence-electron chi connectivity index (χ4n) is 2.61. The zero-order chi connectivity index (χ0) is 12.4. The van der Waals surface area contributed by atoms with E-state index in [1.165, 1.54) is 0 Å². The second kappa shape index (κ2) is 5.22. The predicted octanol–water partition coefficient (Wildman–Crippen LogP) is -0.0371. The van der Waals surface area contributed by atoms with Crippen LogP contribution in [0.2, 0.25) is 0 Å². The Kier molecular flexibility index (Phi) is 4.07. The van der Waals surface area contributed by atoms with Gasteiger partial charge in [-0.25, -0.2) is 13.1 Å². The molecule has 1 unspecified atom stereocenters. The van der Waals surface area contributed by atoms with Crippen LogP contribution in [0.3, 0.4) is 0 Å². The number of nitrogens with one attached hydrogen (secondary N) is 2. The summed E-state index contributed by atoms with van der Waals surface area (Å²) in [7, 11) is -3.25. The van der Waals surface area contributed by atoms with Crippen molar-refractivity contribution in [2.75, 3.05) is 19.6 Å². The lowest BCUT2D eigenvalue weighted by atomic mass is 10.0. The molecule has 0 spiro atoms. The van der Waals surface area contributed by atoms with Crippen molar-refractivity contribution in [3.8, 4) is 0 Å². The summed E-state index contributed by atoms with van der Waals surface area (Å²) < 4.78 is 26.7. The fourth-order valence-corrected chi connectivity index (χ4v) is 4.27. The monoisotopic (exact) mass is 262 g/mol. The predicted molar refractivity (Wildman–Crippen MR) is 66.2 cm³/mol. The van der Waals surface area contributed by atoms with Crippen molar-refractivity contribution in [1.82, 2.24) is 10.0 Å². The van der Waals surface area contributed by atoms with E-state index in [1.54, 1.807) is 0 Å². The maximum absolute atomic E-state index is 12.0. The highest BCUT2D eigenvalue weighted by Crippen LogP contribution is 2.23.